The van der Waals surface area contributed by atoms with Gasteiger partial charge >= 0.3 is 0 Å². The molecule has 0 radical (unpaired) electrons. The Balaban J connectivity index is 1.50. The smallest absolute Gasteiger partial charge is 0.253 e. The van der Waals surface area contributed by atoms with Crippen molar-refractivity contribution in [2.45, 2.75) is 45.4 Å². The van der Waals surface area contributed by atoms with E-state index in [0.29, 0.717) is 13.1 Å². The van der Waals surface area contributed by atoms with Crippen LogP contribution in [0.1, 0.15) is 54.9 Å². The van der Waals surface area contributed by atoms with Crippen molar-refractivity contribution in [3.63, 3.8) is 0 Å². The fourth-order valence-electron chi connectivity index (χ4n) is 4.85. The minimum absolute atomic E-state index is 0.0793. The molecule has 2 saturated heterocycles. The molecule has 140 valence electrons. The van der Waals surface area contributed by atoms with Gasteiger partial charge in [-0.05, 0) is 62.3 Å². The minimum atomic E-state index is -0.334. The second-order valence-corrected chi connectivity index (χ2v) is 8.06. The van der Waals surface area contributed by atoms with E-state index in [1.807, 2.05) is 28.0 Å². The number of piperidine rings is 1. The molecule has 5 heteroatoms. The van der Waals surface area contributed by atoms with Crippen LogP contribution in [0, 0.1) is 5.41 Å². The number of benzene rings is 1. The lowest BCUT2D eigenvalue weighted by molar-refractivity contribution is -0.145. The summed E-state index contributed by atoms with van der Waals surface area (Å²) < 4.78 is 0. The van der Waals surface area contributed by atoms with Crippen LogP contribution in [-0.4, -0.2) is 54.3 Å². The van der Waals surface area contributed by atoms with Crippen molar-refractivity contribution in [2.24, 2.45) is 5.41 Å². The third-order valence-corrected chi connectivity index (χ3v) is 6.25. The van der Waals surface area contributed by atoms with Crippen LogP contribution in [0.15, 0.2) is 18.2 Å². The highest BCUT2D eigenvalue weighted by Crippen LogP contribution is 2.40. The normalized spacial score (nSPS) is 25.3. The topological polar surface area (TPSA) is 52.6 Å². The average molecular weight is 355 g/mol. The first-order chi connectivity index (χ1) is 12.6. The van der Waals surface area contributed by atoms with Crippen molar-refractivity contribution in [3.05, 3.63) is 29.3 Å². The zero-order valence-electron chi connectivity index (χ0n) is 15.7. The second kappa shape index (κ2) is 6.93. The molecule has 3 aliphatic heterocycles. The second-order valence-electron chi connectivity index (χ2n) is 8.06. The molecule has 4 rings (SSSR count). The average Bonchev–Trinajstić information content (AvgIpc) is 3.10. The molecule has 0 aromatic heterocycles. The van der Waals surface area contributed by atoms with E-state index in [-0.39, 0.29) is 17.2 Å². The fourth-order valence-corrected chi connectivity index (χ4v) is 4.85. The van der Waals surface area contributed by atoms with E-state index in [9.17, 15) is 9.59 Å². The molecule has 0 bridgehead atoms. The number of likely N-dealkylation sites (tertiary alicyclic amines) is 2. The summed E-state index contributed by atoms with van der Waals surface area (Å²) in [6, 6.07) is 6.00. The number of nitrogens with zero attached hydrogens (tertiary/aromatic N) is 2. The molecule has 2 fully saturated rings. The first kappa shape index (κ1) is 17.4. The summed E-state index contributed by atoms with van der Waals surface area (Å²) in [5.41, 5.74) is 2.82. The Hall–Kier alpha value is -2.04. The van der Waals surface area contributed by atoms with Crippen molar-refractivity contribution in [3.8, 4) is 0 Å². The number of rotatable bonds is 3. The Labute approximate surface area is 155 Å². The van der Waals surface area contributed by atoms with Crippen molar-refractivity contribution in [1.29, 1.82) is 0 Å². The van der Waals surface area contributed by atoms with Gasteiger partial charge in [0.15, 0.2) is 0 Å². The van der Waals surface area contributed by atoms with Gasteiger partial charge in [-0.15, -0.1) is 0 Å². The number of nitrogens with one attached hydrogen (secondary N) is 1. The molecule has 3 aliphatic rings. The summed E-state index contributed by atoms with van der Waals surface area (Å²) >= 11 is 0. The zero-order valence-corrected chi connectivity index (χ0v) is 15.7. The van der Waals surface area contributed by atoms with Crippen LogP contribution >= 0.6 is 0 Å². The molecule has 1 spiro atoms. The lowest BCUT2D eigenvalue weighted by Gasteiger charge is -2.39. The van der Waals surface area contributed by atoms with Gasteiger partial charge in [-0.2, -0.15) is 0 Å². The van der Waals surface area contributed by atoms with Gasteiger partial charge in [0.25, 0.3) is 5.91 Å². The molecule has 5 nitrogen and oxygen atoms in total. The standard InChI is InChI=1S/C21H29N3O2/c1-2-11-23-12-4-8-21(20(23)26)9-13-24(15-21)19(25)17-6-7-18-16(14-17)5-3-10-22-18/h6-7,14,22H,2-5,8-13,15H2,1H3. The van der Waals surface area contributed by atoms with Gasteiger partial charge in [-0.1, -0.05) is 6.92 Å². The highest BCUT2D eigenvalue weighted by Gasteiger charge is 2.49. The van der Waals surface area contributed by atoms with Gasteiger partial charge in [0.2, 0.25) is 5.91 Å². The number of carbonyl (C=O) groups excluding carboxylic acids is 2. The van der Waals surface area contributed by atoms with Crippen LogP contribution in [0.2, 0.25) is 0 Å². The van der Waals surface area contributed by atoms with Crippen LogP contribution in [0.5, 0.6) is 0 Å². The fraction of sp³-hybridized carbons (Fsp3) is 0.619. The molecule has 1 unspecified atom stereocenters. The number of hydrogen-bond acceptors (Lipinski definition) is 3. The molecular weight excluding hydrogens is 326 g/mol. The number of fused-ring (bicyclic) bond motifs is 1. The largest absolute Gasteiger partial charge is 0.385 e. The number of carbonyl (C=O) groups is 2. The molecule has 1 aromatic rings. The SMILES string of the molecule is CCCN1CCCC2(CCN(C(=O)c3ccc4c(c3)CCCN4)C2)C1=O. The van der Waals surface area contributed by atoms with Crippen LogP contribution in [0.3, 0.4) is 0 Å². The number of amides is 2. The molecule has 0 saturated carbocycles. The molecule has 1 atom stereocenters. The monoisotopic (exact) mass is 355 g/mol. The molecule has 2 amide bonds. The molecule has 1 aromatic carbocycles. The number of anilines is 1. The number of aryl methyl sites for hydroxylation is 1. The Morgan fingerprint density at radius 3 is 2.96 bits per heavy atom. The molecule has 0 aliphatic carbocycles. The summed E-state index contributed by atoms with van der Waals surface area (Å²) in [5.74, 6) is 0.353. The van der Waals surface area contributed by atoms with Crippen molar-refractivity contribution in [2.75, 3.05) is 38.0 Å². The van der Waals surface area contributed by atoms with Crippen LogP contribution in [0.25, 0.3) is 0 Å². The predicted octanol–water partition coefficient (Wildman–Crippen LogP) is 2.91. The zero-order chi connectivity index (χ0) is 18.1. The van der Waals surface area contributed by atoms with E-state index in [4.69, 9.17) is 0 Å². The van der Waals surface area contributed by atoms with Crippen LogP contribution < -0.4 is 5.32 Å². The third-order valence-electron chi connectivity index (χ3n) is 6.25. The summed E-state index contributed by atoms with van der Waals surface area (Å²) in [4.78, 5) is 30.0. The summed E-state index contributed by atoms with van der Waals surface area (Å²) in [6.45, 7) is 6.11. The van der Waals surface area contributed by atoms with Crippen molar-refractivity contribution in [1.82, 2.24) is 9.80 Å². The van der Waals surface area contributed by atoms with E-state index in [2.05, 4.69) is 12.2 Å². The van der Waals surface area contributed by atoms with Gasteiger partial charge in [-0.25, -0.2) is 0 Å². The first-order valence-corrected chi connectivity index (χ1v) is 10.1. The summed E-state index contributed by atoms with van der Waals surface area (Å²) in [5, 5.41) is 3.39. The summed E-state index contributed by atoms with van der Waals surface area (Å²) in [6.07, 6.45) is 5.91. The Bertz CT molecular complexity index is 715. The first-order valence-electron chi connectivity index (χ1n) is 10.1. The quantitative estimate of drug-likeness (QED) is 0.907. The summed E-state index contributed by atoms with van der Waals surface area (Å²) in [7, 11) is 0. The van der Waals surface area contributed by atoms with Gasteiger partial charge in [0.05, 0.1) is 5.41 Å². The Kier molecular flexibility index (Phi) is 4.63. The Morgan fingerprint density at radius 1 is 1.23 bits per heavy atom. The van der Waals surface area contributed by atoms with Crippen LogP contribution in [0.4, 0.5) is 5.69 Å². The molecule has 1 N–H and O–H groups in total. The van der Waals surface area contributed by atoms with Gasteiger partial charge in [0, 0.05) is 44.0 Å². The molecule has 3 heterocycles. The highest BCUT2D eigenvalue weighted by atomic mass is 16.2. The van der Waals surface area contributed by atoms with Gasteiger partial charge < -0.3 is 15.1 Å². The van der Waals surface area contributed by atoms with E-state index in [1.54, 1.807) is 0 Å². The maximum Gasteiger partial charge on any atom is 0.253 e. The number of hydrogen-bond donors (Lipinski definition) is 1. The van der Waals surface area contributed by atoms with Crippen molar-refractivity contribution < 1.29 is 9.59 Å². The van der Waals surface area contributed by atoms with E-state index < -0.39 is 0 Å². The molecular formula is C21H29N3O2. The maximum atomic E-state index is 13.1. The van der Waals surface area contributed by atoms with E-state index in [1.165, 1.54) is 5.56 Å². The minimum Gasteiger partial charge on any atom is -0.385 e. The van der Waals surface area contributed by atoms with Gasteiger partial charge in [0.1, 0.15) is 0 Å². The van der Waals surface area contributed by atoms with Crippen molar-refractivity contribution >= 4 is 17.5 Å². The lowest BCUT2D eigenvalue weighted by Crippen LogP contribution is -2.50. The van der Waals surface area contributed by atoms with E-state index in [0.717, 1.165) is 69.4 Å². The van der Waals surface area contributed by atoms with Crippen LogP contribution in [-0.2, 0) is 11.2 Å². The van der Waals surface area contributed by atoms with E-state index >= 15 is 0 Å². The third kappa shape index (κ3) is 2.97. The molecule has 26 heavy (non-hydrogen) atoms. The Morgan fingerprint density at radius 2 is 2.12 bits per heavy atom. The van der Waals surface area contributed by atoms with Gasteiger partial charge in [-0.3, -0.25) is 9.59 Å². The highest BCUT2D eigenvalue weighted by molar-refractivity contribution is 5.96. The maximum absolute atomic E-state index is 13.1. The lowest BCUT2D eigenvalue weighted by atomic mass is 9.78. The predicted molar refractivity (Wildman–Crippen MR) is 102 cm³/mol.